The number of benzene rings is 3. The zero-order chi connectivity index (χ0) is 24.3. The molecule has 0 saturated heterocycles. The molecule has 0 aromatic heterocycles. The van der Waals surface area contributed by atoms with Crippen LogP contribution < -0.4 is 20.2 Å². The summed E-state index contributed by atoms with van der Waals surface area (Å²) in [7, 11) is 1.57. The number of methoxy groups -OCH3 is 1. The van der Waals surface area contributed by atoms with Crippen LogP contribution in [0.3, 0.4) is 0 Å². The molecule has 34 heavy (non-hydrogen) atoms. The molecule has 0 aliphatic heterocycles. The Morgan fingerprint density at radius 3 is 2.44 bits per heavy atom. The number of ether oxygens (including phenoxy) is 2. The number of hydrogen-bond donors (Lipinski definition) is 2. The minimum atomic E-state index is -0.345. The standard InChI is InChI=1S/C27H29N3O4/c1-19-9-10-20(2)23(15-19)29-26(31)13-14-27(32)30-28-17-22-11-12-24(25(16-22)33-3)34-18-21-7-5-4-6-8-21/h4-12,15-17H,13-14,18H2,1-3H3,(H,29,31)(H,30,32). The van der Waals surface area contributed by atoms with Crippen LogP contribution in [0.1, 0.15) is 35.1 Å². The average Bonchev–Trinajstić information content (AvgIpc) is 2.84. The van der Waals surface area contributed by atoms with Crippen molar-refractivity contribution in [3.8, 4) is 11.5 Å². The quantitative estimate of drug-likeness (QED) is 0.338. The number of carbonyl (C=O) groups excluding carboxylic acids is 2. The van der Waals surface area contributed by atoms with Gasteiger partial charge in [-0.25, -0.2) is 5.43 Å². The Morgan fingerprint density at radius 1 is 0.912 bits per heavy atom. The predicted octanol–water partition coefficient (Wildman–Crippen LogP) is 4.76. The van der Waals surface area contributed by atoms with Gasteiger partial charge in [0.25, 0.3) is 0 Å². The number of amides is 2. The average molecular weight is 460 g/mol. The van der Waals surface area contributed by atoms with Crippen LogP contribution in [-0.4, -0.2) is 25.1 Å². The van der Waals surface area contributed by atoms with E-state index in [0.717, 1.165) is 27.9 Å². The van der Waals surface area contributed by atoms with E-state index in [2.05, 4.69) is 15.8 Å². The second-order valence-corrected chi connectivity index (χ2v) is 7.84. The van der Waals surface area contributed by atoms with Crippen LogP contribution in [-0.2, 0) is 16.2 Å². The van der Waals surface area contributed by atoms with Crippen LogP contribution in [0.25, 0.3) is 0 Å². The maximum absolute atomic E-state index is 12.2. The molecule has 2 N–H and O–H groups in total. The van der Waals surface area contributed by atoms with Crippen molar-refractivity contribution < 1.29 is 19.1 Å². The predicted molar refractivity (Wildman–Crippen MR) is 133 cm³/mol. The normalized spacial score (nSPS) is 10.7. The van der Waals surface area contributed by atoms with Crippen LogP contribution in [0, 0.1) is 13.8 Å². The third-order valence-corrected chi connectivity index (χ3v) is 5.07. The van der Waals surface area contributed by atoms with Crippen molar-refractivity contribution in [2.24, 2.45) is 5.10 Å². The maximum Gasteiger partial charge on any atom is 0.240 e. The van der Waals surface area contributed by atoms with Gasteiger partial charge in [-0.2, -0.15) is 5.10 Å². The minimum absolute atomic E-state index is 0.0314. The van der Waals surface area contributed by atoms with Gasteiger partial charge < -0.3 is 14.8 Å². The van der Waals surface area contributed by atoms with Crippen molar-refractivity contribution in [3.05, 3.63) is 89.0 Å². The van der Waals surface area contributed by atoms with E-state index in [1.54, 1.807) is 19.2 Å². The molecular formula is C27H29N3O4. The summed E-state index contributed by atoms with van der Waals surface area (Å²) in [6, 6.07) is 21.1. The second kappa shape index (κ2) is 12.2. The van der Waals surface area contributed by atoms with Crippen molar-refractivity contribution in [2.45, 2.75) is 33.3 Å². The first-order chi connectivity index (χ1) is 16.4. The fourth-order valence-corrected chi connectivity index (χ4v) is 3.16. The zero-order valence-corrected chi connectivity index (χ0v) is 19.6. The number of nitrogens with one attached hydrogen (secondary N) is 2. The second-order valence-electron chi connectivity index (χ2n) is 7.84. The number of hydrogen-bond acceptors (Lipinski definition) is 5. The molecule has 7 nitrogen and oxygen atoms in total. The Morgan fingerprint density at radius 2 is 1.68 bits per heavy atom. The van der Waals surface area contributed by atoms with E-state index in [4.69, 9.17) is 9.47 Å². The molecule has 0 spiro atoms. The van der Waals surface area contributed by atoms with Gasteiger partial charge in [-0.3, -0.25) is 9.59 Å². The van der Waals surface area contributed by atoms with Gasteiger partial charge in [0, 0.05) is 18.5 Å². The van der Waals surface area contributed by atoms with Crippen molar-refractivity contribution in [1.29, 1.82) is 0 Å². The van der Waals surface area contributed by atoms with Crippen LogP contribution in [0.5, 0.6) is 11.5 Å². The van der Waals surface area contributed by atoms with Crippen LogP contribution in [0.15, 0.2) is 71.8 Å². The highest BCUT2D eigenvalue weighted by atomic mass is 16.5. The van der Waals surface area contributed by atoms with Crippen molar-refractivity contribution in [2.75, 3.05) is 12.4 Å². The van der Waals surface area contributed by atoms with E-state index in [1.165, 1.54) is 6.21 Å². The molecule has 3 aromatic carbocycles. The highest BCUT2D eigenvalue weighted by Gasteiger charge is 2.09. The maximum atomic E-state index is 12.2. The zero-order valence-electron chi connectivity index (χ0n) is 19.6. The minimum Gasteiger partial charge on any atom is -0.493 e. The first-order valence-electron chi connectivity index (χ1n) is 11.0. The van der Waals surface area contributed by atoms with Gasteiger partial charge >= 0.3 is 0 Å². The van der Waals surface area contributed by atoms with Crippen molar-refractivity contribution in [3.63, 3.8) is 0 Å². The smallest absolute Gasteiger partial charge is 0.240 e. The summed E-state index contributed by atoms with van der Waals surface area (Å²) in [6.45, 7) is 4.31. The number of aryl methyl sites for hydroxylation is 2. The summed E-state index contributed by atoms with van der Waals surface area (Å²) in [4.78, 5) is 24.2. The van der Waals surface area contributed by atoms with Gasteiger partial charge in [-0.05, 0) is 60.4 Å². The Hall–Kier alpha value is -4.13. The number of anilines is 1. The third-order valence-electron chi connectivity index (χ3n) is 5.07. The molecule has 3 aromatic rings. The van der Waals surface area contributed by atoms with Gasteiger partial charge in [-0.1, -0.05) is 42.5 Å². The molecule has 0 fully saturated rings. The van der Waals surface area contributed by atoms with E-state index in [0.29, 0.717) is 18.1 Å². The lowest BCUT2D eigenvalue weighted by atomic mass is 10.1. The molecular weight excluding hydrogens is 430 g/mol. The summed E-state index contributed by atoms with van der Waals surface area (Å²) in [5, 5.41) is 6.82. The Kier molecular flexibility index (Phi) is 8.80. The number of carbonyl (C=O) groups is 2. The highest BCUT2D eigenvalue weighted by Crippen LogP contribution is 2.28. The molecule has 0 saturated carbocycles. The summed E-state index contributed by atoms with van der Waals surface area (Å²) in [6.07, 6.45) is 1.61. The van der Waals surface area contributed by atoms with Crippen molar-refractivity contribution >= 4 is 23.7 Å². The van der Waals surface area contributed by atoms with Crippen LogP contribution >= 0.6 is 0 Å². The molecule has 0 atom stereocenters. The molecule has 0 bridgehead atoms. The molecule has 176 valence electrons. The van der Waals surface area contributed by atoms with E-state index >= 15 is 0 Å². The lowest BCUT2D eigenvalue weighted by Gasteiger charge is -2.11. The van der Waals surface area contributed by atoms with Crippen molar-refractivity contribution in [1.82, 2.24) is 5.43 Å². The Balaban J connectivity index is 1.46. The molecule has 3 rings (SSSR count). The molecule has 0 aliphatic rings. The van der Waals surface area contributed by atoms with E-state index in [1.807, 2.05) is 68.4 Å². The monoisotopic (exact) mass is 459 g/mol. The fourth-order valence-electron chi connectivity index (χ4n) is 3.16. The summed E-state index contributed by atoms with van der Waals surface area (Å²) >= 11 is 0. The first kappa shape index (κ1) is 24.5. The van der Waals surface area contributed by atoms with Gasteiger partial charge in [0.1, 0.15) is 6.61 Å². The summed E-state index contributed by atoms with van der Waals surface area (Å²) in [5.74, 6) is 0.613. The number of hydrazone groups is 1. The molecule has 2 amide bonds. The topological polar surface area (TPSA) is 89.0 Å². The number of rotatable bonds is 10. The SMILES string of the molecule is COc1cc(C=NNC(=O)CCC(=O)Nc2cc(C)ccc2C)ccc1OCc1ccccc1. The van der Waals surface area contributed by atoms with Gasteiger partial charge in [0.05, 0.1) is 13.3 Å². The lowest BCUT2D eigenvalue weighted by Crippen LogP contribution is -2.21. The van der Waals surface area contributed by atoms with Gasteiger partial charge in [0.2, 0.25) is 11.8 Å². The molecule has 7 heteroatoms. The summed E-state index contributed by atoms with van der Waals surface area (Å²) in [5.41, 5.74) is 7.02. The molecule has 0 radical (unpaired) electrons. The molecule has 0 unspecified atom stereocenters. The van der Waals surface area contributed by atoms with E-state index in [-0.39, 0.29) is 24.7 Å². The van der Waals surface area contributed by atoms with Crippen LogP contribution in [0.2, 0.25) is 0 Å². The Bertz CT molecular complexity index is 1160. The van der Waals surface area contributed by atoms with Gasteiger partial charge in [-0.15, -0.1) is 0 Å². The third kappa shape index (κ3) is 7.48. The largest absolute Gasteiger partial charge is 0.493 e. The highest BCUT2D eigenvalue weighted by molar-refractivity contribution is 5.94. The Labute approximate surface area is 199 Å². The van der Waals surface area contributed by atoms with E-state index in [9.17, 15) is 9.59 Å². The fraction of sp³-hybridized carbons (Fsp3) is 0.222. The van der Waals surface area contributed by atoms with Gasteiger partial charge in [0.15, 0.2) is 11.5 Å². The molecule has 0 heterocycles. The lowest BCUT2D eigenvalue weighted by molar-refractivity contribution is -0.124. The number of nitrogens with zero attached hydrogens (tertiary/aromatic N) is 1. The molecule has 0 aliphatic carbocycles. The van der Waals surface area contributed by atoms with Crippen LogP contribution in [0.4, 0.5) is 5.69 Å². The van der Waals surface area contributed by atoms with E-state index < -0.39 is 0 Å². The summed E-state index contributed by atoms with van der Waals surface area (Å²) < 4.78 is 11.3. The first-order valence-corrected chi connectivity index (χ1v) is 11.0.